The Morgan fingerprint density at radius 2 is 1.84 bits per heavy atom. The summed E-state index contributed by atoms with van der Waals surface area (Å²) in [7, 11) is 0. The van der Waals surface area contributed by atoms with E-state index in [1.54, 1.807) is 6.07 Å². The molecule has 1 N–H and O–H groups in total. The van der Waals surface area contributed by atoms with Crippen LogP contribution in [0.5, 0.6) is 0 Å². The van der Waals surface area contributed by atoms with Crippen LogP contribution in [0.4, 0.5) is 5.82 Å². The molecule has 0 aromatic carbocycles. The van der Waals surface area contributed by atoms with E-state index in [0.29, 0.717) is 27.1 Å². The highest BCUT2D eigenvalue weighted by atomic mass is 35.5. The Morgan fingerprint density at radius 1 is 1.16 bits per heavy atom. The number of hydrogen-bond donors (Lipinski definition) is 1. The van der Waals surface area contributed by atoms with E-state index in [4.69, 9.17) is 34.8 Å². The van der Waals surface area contributed by atoms with Crippen molar-refractivity contribution < 1.29 is 0 Å². The first-order valence-corrected chi connectivity index (χ1v) is 8.01. The van der Waals surface area contributed by atoms with Gasteiger partial charge in [0.25, 0.3) is 0 Å². The van der Waals surface area contributed by atoms with Gasteiger partial charge in [0.15, 0.2) is 0 Å². The van der Waals surface area contributed by atoms with Crippen molar-refractivity contribution in [1.29, 1.82) is 0 Å². The van der Waals surface area contributed by atoms with Gasteiger partial charge in [-0.15, -0.1) is 0 Å². The normalized spacial score (nSPS) is 23.4. The molecular formula is C14H19Cl3N2. The molecule has 0 aliphatic heterocycles. The zero-order valence-corrected chi connectivity index (χ0v) is 13.3. The molecule has 1 aliphatic rings. The number of anilines is 1. The summed E-state index contributed by atoms with van der Waals surface area (Å²) in [5.41, 5.74) is 0. The molecular weight excluding hydrogens is 303 g/mol. The molecule has 1 aromatic rings. The van der Waals surface area contributed by atoms with Gasteiger partial charge in [0.1, 0.15) is 11.0 Å². The lowest BCUT2D eigenvalue weighted by Crippen LogP contribution is -2.26. The summed E-state index contributed by atoms with van der Waals surface area (Å²) in [6.07, 6.45) is 7.53. The molecule has 1 saturated carbocycles. The highest BCUT2D eigenvalue weighted by Crippen LogP contribution is 2.33. The minimum atomic E-state index is 0.299. The quantitative estimate of drug-likeness (QED) is 0.707. The number of nitrogens with one attached hydrogen (secondary N) is 1. The van der Waals surface area contributed by atoms with Crippen molar-refractivity contribution in [3.63, 3.8) is 0 Å². The van der Waals surface area contributed by atoms with Crippen LogP contribution in [0.2, 0.25) is 15.2 Å². The Labute approximate surface area is 129 Å². The highest BCUT2D eigenvalue weighted by molar-refractivity contribution is 6.42. The first-order chi connectivity index (χ1) is 9.10. The van der Waals surface area contributed by atoms with Crippen molar-refractivity contribution >= 4 is 40.6 Å². The zero-order valence-electron chi connectivity index (χ0n) is 11.1. The predicted molar refractivity (Wildman–Crippen MR) is 83.5 cm³/mol. The van der Waals surface area contributed by atoms with Gasteiger partial charge >= 0.3 is 0 Å². The van der Waals surface area contributed by atoms with Crippen LogP contribution in [0, 0.1) is 5.92 Å². The maximum Gasteiger partial charge on any atom is 0.150 e. The third-order valence-corrected chi connectivity index (χ3v) is 4.73. The van der Waals surface area contributed by atoms with Crippen molar-refractivity contribution in [2.75, 3.05) is 5.32 Å². The Kier molecular flexibility index (Phi) is 5.61. The zero-order chi connectivity index (χ0) is 13.8. The van der Waals surface area contributed by atoms with Crippen LogP contribution >= 0.6 is 34.8 Å². The third kappa shape index (κ3) is 4.14. The van der Waals surface area contributed by atoms with E-state index in [1.165, 1.54) is 38.5 Å². The molecule has 0 spiro atoms. The lowest BCUT2D eigenvalue weighted by molar-refractivity contribution is 0.318. The molecule has 0 saturated heterocycles. The topological polar surface area (TPSA) is 24.9 Å². The second-order valence-electron chi connectivity index (χ2n) is 5.24. The van der Waals surface area contributed by atoms with Crippen LogP contribution in [0.15, 0.2) is 6.07 Å². The summed E-state index contributed by atoms with van der Waals surface area (Å²) >= 11 is 17.9. The fraction of sp³-hybridized carbons (Fsp3) is 0.643. The maximum absolute atomic E-state index is 6.13. The smallest absolute Gasteiger partial charge is 0.150 e. The fourth-order valence-corrected chi connectivity index (χ4v) is 3.29. The van der Waals surface area contributed by atoms with E-state index >= 15 is 0 Å². The SMILES string of the molecule is CCCC1CCC(Nc2nc(Cl)c(Cl)cc2Cl)CC1. The van der Waals surface area contributed by atoms with Crippen molar-refractivity contribution in [2.45, 2.75) is 51.5 Å². The van der Waals surface area contributed by atoms with Gasteiger partial charge in [0, 0.05) is 6.04 Å². The second-order valence-corrected chi connectivity index (χ2v) is 6.41. The Bertz CT molecular complexity index is 429. The van der Waals surface area contributed by atoms with Crippen molar-refractivity contribution in [3.8, 4) is 0 Å². The van der Waals surface area contributed by atoms with Crippen LogP contribution in [-0.4, -0.2) is 11.0 Å². The molecule has 5 heteroatoms. The molecule has 0 radical (unpaired) electrons. The summed E-state index contributed by atoms with van der Waals surface area (Å²) in [6, 6.07) is 2.08. The Balaban J connectivity index is 1.94. The Hall–Kier alpha value is -0.180. The van der Waals surface area contributed by atoms with Crippen molar-refractivity contribution in [2.24, 2.45) is 5.92 Å². The first kappa shape index (κ1) is 15.2. The van der Waals surface area contributed by atoms with Gasteiger partial charge in [0.05, 0.1) is 10.0 Å². The van der Waals surface area contributed by atoms with Crippen LogP contribution in [-0.2, 0) is 0 Å². The molecule has 2 nitrogen and oxygen atoms in total. The lowest BCUT2D eigenvalue weighted by Gasteiger charge is -2.29. The monoisotopic (exact) mass is 320 g/mol. The van der Waals surface area contributed by atoms with Crippen LogP contribution in [0.3, 0.4) is 0 Å². The average Bonchev–Trinajstić information content (AvgIpc) is 2.38. The van der Waals surface area contributed by atoms with Gasteiger partial charge in [0.2, 0.25) is 0 Å². The molecule has 0 bridgehead atoms. The van der Waals surface area contributed by atoms with E-state index in [2.05, 4.69) is 17.2 Å². The first-order valence-electron chi connectivity index (χ1n) is 6.88. The number of rotatable bonds is 4. The molecule has 2 rings (SSSR count). The average molecular weight is 322 g/mol. The second kappa shape index (κ2) is 7.01. The maximum atomic E-state index is 6.13. The third-order valence-electron chi connectivity index (χ3n) is 3.77. The molecule has 0 unspecified atom stereocenters. The molecule has 1 aliphatic carbocycles. The number of halogens is 3. The summed E-state index contributed by atoms with van der Waals surface area (Å²) in [6.45, 7) is 2.25. The van der Waals surface area contributed by atoms with Crippen LogP contribution < -0.4 is 5.32 Å². The van der Waals surface area contributed by atoms with Crippen molar-refractivity contribution in [3.05, 3.63) is 21.3 Å². The molecule has 0 amide bonds. The van der Waals surface area contributed by atoms with Gasteiger partial charge in [-0.2, -0.15) is 0 Å². The highest BCUT2D eigenvalue weighted by Gasteiger charge is 2.21. The molecule has 1 fully saturated rings. The van der Waals surface area contributed by atoms with E-state index in [-0.39, 0.29) is 0 Å². The predicted octanol–water partition coefficient (Wildman–Crippen LogP) is 5.81. The van der Waals surface area contributed by atoms with E-state index in [9.17, 15) is 0 Å². The number of hydrogen-bond acceptors (Lipinski definition) is 2. The molecule has 1 heterocycles. The molecule has 106 valence electrons. The van der Waals surface area contributed by atoms with E-state index < -0.39 is 0 Å². The van der Waals surface area contributed by atoms with Gasteiger partial charge in [-0.1, -0.05) is 54.6 Å². The molecule has 19 heavy (non-hydrogen) atoms. The standard InChI is InChI=1S/C14H19Cl3N2/c1-2-3-9-4-6-10(7-5-9)18-14-12(16)8-11(15)13(17)19-14/h8-10H,2-7H2,1H3,(H,18,19). The van der Waals surface area contributed by atoms with Gasteiger partial charge in [-0.3, -0.25) is 0 Å². The summed E-state index contributed by atoms with van der Waals surface area (Å²) in [5.74, 6) is 1.54. The fourth-order valence-electron chi connectivity index (χ4n) is 2.74. The largest absolute Gasteiger partial charge is 0.366 e. The minimum Gasteiger partial charge on any atom is -0.366 e. The van der Waals surface area contributed by atoms with Crippen LogP contribution in [0.25, 0.3) is 0 Å². The summed E-state index contributed by atoms with van der Waals surface area (Å²) < 4.78 is 0. The Morgan fingerprint density at radius 3 is 2.47 bits per heavy atom. The lowest BCUT2D eigenvalue weighted by atomic mass is 9.83. The number of pyridine rings is 1. The minimum absolute atomic E-state index is 0.299. The molecule has 1 aromatic heterocycles. The van der Waals surface area contributed by atoms with E-state index in [1.807, 2.05) is 0 Å². The van der Waals surface area contributed by atoms with Gasteiger partial charge < -0.3 is 5.32 Å². The number of nitrogens with zero attached hydrogens (tertiary/aromatic N) is 1. The van der Waals surface area contributed by atoms with Crippen molar-refractivity contribution in [1.82, 2.24) is 4.98 Å². The summed E-state index contributed by atoms with van der Waals surface area (Å²) in [4.78, 5) is 4.21. The van der Waals surface area contributed by atoms with Crippen LogP contribution in [0.1, 0.15) is 45.4 Å². The molecule has 0 atom stereocenters. The summed E-state index contributed by atoms with van der Waals surface area (Å²) in [5, 5.41) is 4.62. The van der Waals surface area contributed by atoms with Gasteiger partial charge in [-0.05, 0) is 37.7 Å². The van der Waals surface area contributed by atoms with E-state index in [0.717, 1.165) is 5.92 Å². The van der Waals surface area contributed by atoms with Gasteiger partial charge in [-0.25, -0.2) is 4.98 Å². The number of aromatic nitrogens is 1.